The van der Waals surface area contributed by atoms with Gasteiger partial charge in [0.25, 0.3) is 0 Å². The van der Waals surface area contributed by atoms with Crippen molar-refractivity contribution in [2.45, 2.75) is 13.0 Å². The van der Waals surface area contributed by atoms with Crippen molar-refractivity contribution >= 4 is 27.6 Å². The number of nitrogens with zero attached hydrogens (tertiary/aromatic N) is 3. The van der Waals surface area contributed by atoms with Crippen molar-refractivity contribution < 1.29 is 9.47 Å². The van der Waals surface area contributed by atoms with Crippen LogP contribution < -0.4 is 16.2 Å². The molecular weight excluding hydrogens is 426 g/mol. The van der Waals surface area contributed by atoms with Crippen LogP contribution in [0.3, 0.4) is 0 Å². The number of ether oxygens (including phenoxy) is 2. The second-order valence-corrected chi connectivity index (χ2v) is 8.06. The van der Waals surface area contributed by atoms with E-state index in [4.69, 9.17) is 25.9 Å². The van der Waals surface area contributed by atoms with Crippen LogP contribution in [0.2, 0.25) is 0 Å². The van der Waals surface area contributed by atoms with E-state index in [2.05, 4.69) is 39.9 Å². The van der Waals surface area contributed by atoms with Gasteiger partial charge >= 0.3 is 0 Å². The summed E-state index contributed by atoms with van der Waals surface area (Å²) in [6.45, 7) is 1.36. The van der Waals surface area contributed by atoms with Gasteiger partial charge in [0.15, 0.2) is 0 Å². The quantitative estimate of drug-likeness (QED) is 0.341. The molecule has 0 unspecified atom stereocenters. The molecule has 0 bridgehead atoms. The molecule has 2 aromatic heterocycles. The number of nitrogens with two attached hydrogens (primary N) is 2. The van der Waals surface area contributed by atoms with Gasteiger partial charge in [0.1, 0.15) is 29.5 Å². The second-order valence-electron chi connectivity index (χ2n) is 8.06. The van der Waals surface area contributed by atoms with Gasteiger partial charge in [0.2, 0.25) is 0 Å². The highest BCUT2D eigenvalue weighted by Crippen LogP contribution is 2.30. The van der Waals surface area contributed by atoms with Gasteiger partial charge in [-0.25, -0.2) is 9.97 Å². The third-order valence-corrected chi connectivity index (χ3v) is 5.89. The molecule has 0 amide bonds. The van der Waals surface area contributed by atoms with Crippen molar-refractivity contribution in [3.63, 3.8) is 0 Å². The summed E-state index contributed by atoms with van der Waals surface area (Å²) in [5.74, 6) is 1.73. The predicted octanol–water partition coefficient (Wildman–Crippen LogP) is 4.23. The molecule has 3 aromatic carbocycles. The molecular formula is C27H27N5O2. The highest BCUT2D eigenvalue weighted by atomic mass is 16.5. The third kappa shape index (κ3) is 4.07. The van der Waals surface area contributed by atoms with Crippen LogP contribution in [0.4, 0.5) is 5.82 Å². The number of rotatable bonds is 8. The van der Waals surface area contributed by atoms with Crippen LogP contribution in [0.25, 0.3) is 27.5 Å². The van der Waals surface area contributed by atoms with Crippen LogP contribution in [0, 0.1) is 0 Å². The lowest BCUT2D eigenvalue weighted by molar-refractivity contribution is 0.147. The fourth-order valence-electron chi connectivity index (χ4n) is 4.32. The average molecular weight is 454 g/mol. The molecule has 5 aromatic rings. The van der Waals surface area contributed by atoms with Crippen molar-refractivity contribution in [2.75, 3.05) is 26.1 Å². The van der Waals surface area contributed by atoms with Crippen molar-refractivity contribution in [1.82, 2.24) is 14.5 Å². The number of nitrogen functional groups attached to an aromatic ring is 1. The van der Waals surface area contributed by atoms with Gasteiger partial charge in [-0.05, 0) is 35.9 Å². The molecule has 0 atom stereocenters. The summed E-state index contributed by atoms with van der Waals surface area (Å²) in [5.41, 5.74) is 17.4. The van der Waals surface area contributed by atoms with Gasteiger partial charge in [-0.2, -0.15) is 0 Å². The first-order chi connectivity index (χ1) is 16.7. The summed E-state index contributed by atoms with van der Waals surface area (Å²) in [7, 11) is 1.65. The maximum Gasteiger partial charge on any atom is 0.145 e. The predicted molar refractivity (Wildman–Crippen MR) is 135 cm³/mol. The fourth-order valence-corrected chi connectivity index (χ4v) is 4.32. The van der Waals surface area contributed by atoms with Crippen molar-refractivity contribution in [1.29, 1.82) is 0 Å². The van der Waals surface area contributed by atoms with Crippen LogP contribution in [0.5, 0.6) is 5.75 Å². The van der Waals surface area contributed by atoms with Crippen LogP contribution in [0.1, 0.15) is 17.1 Å². The number of methoxy groups -OCH3 is 1. The highest BCUT2D eigenvalue weighted by Gasteiger charge is 2.15. The molecule has 0 fully saturated rings. The first kappa shape index (κ1) is 21.9. The Morgan fingerprint density at radius 1 is 0.912 bits per heavy atom. The summed E-state index contributed by atoms with van der Waals surface area (Å²) >= 11 is 0. The number of anilines is 1. The Balaban J connectivity index is 1.58. The number of para-hydroxylation sites is 3. The van der Waals surface area contributed by atoms with E-state index in [-0.39, 0.29) is 0 Å². The van der Waals surface area contributed by atoms with Gasteiger partial charge in [0, 0.05) is 42.2 Å². The number of hydrogen-bond donors (Lipinski definition) is 2. The van der Waals surface area contributed by atoms with Crippen LogP contribution in [0.15, 0.2) is 72.8 Å². The normalized spacial score (nSPS) is 11.4. The lowest BCUT2D eigenvalue weighted by Gasteiger charge is -2.15. The summed E-state index contributed by atoms with van der Waals surface area (Å²) in [6, 6.07) is 24.4. The minimum atomic E-state index is 0.431. The Morgan fingerprint density at radius 2 is 1.74 bits per heavy atom. The Labute approximate surface area is 197 Å². The van der Waals surface area contributed by atoms with Crippen molar-refractivity contribution in [2.24, 2.45) is 5.73 Å². The summed E-state index contributed by atoms with van der Waals surface area (Å²) < 4.78 is 13.2. The van der Waals surface area contributed by atoms with E-state index in [0.29, 0.717) is 49.1 Å². The standard InChI is InChI=1S/C27H27N5O2/c1-33-13-14-34-24-12-6-9-21-26(24)30-25(31-27(21)29)16-19-8-3-5-11-23(19)32-20(17-28)15-18-7-2-4-10-22(18)32/h2-12,15H,13-14,16-17,28H2,1H3,(H2,29,30,31). The zero-order chi connectivity index (χ0) is 23.5. The van der Waals surface area contributed by atoms with Crippen LogP contribution >= 0.6 is 0 Å². The Kier molecular flexibility index (Phi) is 6.12. The number of aromatic nitrogens is 3. The Bertz CT molecular complexity index is 1460. The molecule has 34 heavy (non-hydrogen) atoms. The Morgan fingerprint density at radius 3 is 2.59 bits per heavy atom. The summed E-state index contributed by atoms with van der Waals surface area (Å²) in [6.07, 6.45) is 0.513. The maximum absolute atomic E-state index is 6.33. The number of fused-ring (bicyclic) bond motifs is 2. The fraction of sp³-hybridized carbons (Fsp3) is 0.185. The summed E-state index contributed by atoms with van der Waals surface area (Å²) in [4.78, 5) is 9.46. The zero-order valence-corrected chi connectivity index (χ0v) is 19.1. The summed E-state index contributed by atoms with van der Waals surface area (Å²) in [5, 5.41) is 1.93. The second kappa shape index (κ2) is 9.51. The van der Waals surface area contributed by atoms with Crippen molar-refractivity contribution in [3.05, 3.63) is 89.9 Å². The first-order valence-corrected chi connectivity index (χ1v) is 11.2. The molecule has 0 saturated heterocycles. The molecule has 0 radical (unpaired) electrons. The lowest BCUT2D eigenvalue weighted by Crippen LogP contribution is -2.09. The Hall–Kier alpha value is -3.94. The monoisotopic (exact) mass is 453 g/mol. The first-order valence-electron chi connectivity index (χ1n) is 11.2. The van der Waals surface area contributed by atoms with Gasteiger partial charge in [-0.1, -0.05) is 42.5 Å². The molecule has 0 aliphatic heterocycles. The van der Waals surface area contributed by atoms with Crippen LogP contribution in [-0.2, 0) is 17.7 Å². The van der Waals surface area contributed by atoms with E-state index in [0.717, 1.165) is 33.2 Å². The zero-order valence-electron chi connectivity index (χ0n) is 19.1. The molecule has 2 heterocycles. The van der Waals surface area contributed by atoms with E-state index in [1.807, 2.05) is 42.5 Å². The van der Waals surface area contributed by atoms with E-state index in [9.17, 15) is 0 Å². The van der Waals surface area contributed by atoms with E-state index in [1.165, 1.54) is 0 Å². The van der Waals surface area contributed by atoms with Gasteiger partial charge in [-0.3, -0.25) is 0 Å². The maximum atomic E-state index is 6.33. The molecule has 4 N–H and O–H groups in total. The SMILES string of the molecule is COCCOc1cccc2c(N)nc(Cc3ccccc3-n3c(CN)cc4ccccc43)nc12. The highest BCUT2D eigenvalue weighted by molar-refractivity contribution is 5.92. The molecule has 0 aliphatic carbocycles. The van der Waals surface area contributed by atoms with Gasteiger partial charge in [-0.15, -0.1) is 0 Å². The van der Waals surface area contributed by atoms with Crippen LogP contribution in [-0.4, -0.2) is 34.9 Å². The largest absolute Gasteiger partial charge is 0.489 e. The lowest BCUT2D eigenvalue weighted by atomic mass is 10.1. The average Bonchev–Trinajstić information content (AvgIpc) is 3.23. The molecule has 0 spiro atoms. The van der Waals surface area contributed by atoms with E-state index >= 15 is 0 Å². The number of hydrogen-bond acceptors (Lipinski definition) is 6. The number of benzene rings is 3. The molecule has 0 aliphatic rings. The van der Waals surface area contributed by atoms with Crippen molar-refractivity contribution in [3.8, 4) is 11.4 Å². The minimum absolute atomic E-state index is 0.431. The topological polar surface area (TPSA) is 101 Å². The molecule has 0 saturated carbocycles. The molecule has 5 rings (SSSR count). The van der Waals surface area contributed by atoms with E-state index < -0.39 is 0 Å². The molecule has 7 nitrogen and oxygen atoms in total. The molecule has 7 heteroatoms. The van der Waals surface area contributed by atoms with Gasteiger partial charge < -0.3 is 25.5 Å². The third-order valence-electron chi connectivity index (χ3n) is 5.89. The minimum Gasteiger partial charge on any atom is -0.489 e. The smallest absolute Gasteiger partial charge is 0.145 e. The van der Waals surface area contributed by atoms with E-state index in [1.54, 1.807) is 7.11 Å². The molecule has 172 valence electrons. The van der Waals surface area contributed by atoms with Gasteiger partial charge in [0.05, 0.1) is 12.1 Å².